The molecular formula is C16H14N2O5. The second-order valence-corrected chi connectivity index (χ2v) is 4.78. The van der Waals surface area contributed by atoms with Gasteiger partial charge in [-0.25, -0.2) is 0 Å². The lowest BCUT2D eigenvalue weighted by Crippen LogP contribution is -2.11. The topological polar surface area (TPSA) is 98.5 Å². The van der Waals surface area contributed by atoms with Gasteiger partial charge in [-0.15, -0.1) is 0 Å². The molecule has 7 heteroatoms. The zero-order valence-electron chi connectivity index (χ0n) is 12.3. The van der Waals surface area contributed by atoms with Crippen LogP contribution in [0.2, 0.25) is 0 Å². The van der Waals surface area contributed by atoms with E-state index in [-0.39, 0.29) is 18.0 Å². The second kappa shape index (κ2) is 7.17. The predicted octanol–water partition coefficient (Wildman–Crippen LogP) is 2.70. The Morgan fingerprint density at radius 2 is 1.70 bits per heavy atom. The van der Waals surface area contributed by atoms with Crippen molar-refractivity contribution in [3.8, 4) is 5.75 Å². The third-order valence-electron chi connectivity index (χ3n) is 2.90. The van der Waals surface area contributed by atoms with Gasteiger partial charge in [0.25, 0.3) is 5.69 Å². The van der Waals surface area contributed by atoms with Gasteiger partial charge >= 0.3 is 5.97 Å². The molecule has 0 saturated heterocycles. The Labute approximate surface area is 132 Å². The van der Waals surface area contributed by atoms with Crippen LogP contribution in [0.3, 0.4) is 0 Å². The Morgan fingerprint density at radius 3 is 2.22 bits per heavy atom. The van der Waals surface area contributed by atoms with E-state index in [9.17, 15) is 19.7 Å². The summed E-state index contributed by atoms with van der Waals surface area (Å²) in [5, 5.41) is 13.2. The molecule has 0 atom stereocenters. The molecule has 0 aliphatic carbocycles. The van der Waals surface area contributed by atoms with Gasteiger partial charge in [-0.3, -0.25) is 19.7 Å². The van der Waals surface area contributed by atoms with E-state index in [1.807, 2.05) is 0 Å². The summed E-state index contributed by atoms with van der Waals surface area (Å²) >= 11 is 0. The number of nitro groups is 1. The molecule has 0 unspecified atom stereocenters. The SMILES string of the molecule is CC(=O)Nc1ccc(OC(=O)Cc2ccc([N+](=O)[O-])cc2)cc1. The van der Waals surface area contributed by atoms with Crippen molar-refractivity contribution in [1.82, 2.24) is 0 Å². The van der Waals surface area contributed by atoms with Gasteiger partial charge < -0.3 is 10.1 Å². The van der Waals surface area contributed by atoms with Crippen LogP contribution in [0.15, 0.2) is 48.5 Å². The normalized spacial score (nSPS) is 9.96. The average molecular weight is 314 g/mol. The largest absolute Gasteiger partial charge is 0.426 e. The molecule has 0 fully saturated rings. The number of rotatable bonds is 5. The number of nitrogens with one attached hydrogen (secondary N) is 1. The number of hydrogen-bond acceptors (Lipinski definition) is 5. The number of nitrogens with zero attached hydrogens (tertiary/aromatic N) is 1. The summed E-state index contributed by atoms with van der Waals surface area (Å²) in [4.78, 5) is 32.8. The molecular weight excluding hydrogens is 300 g/mol. The standard InChI is InChI=1S/C16H14N2O5/c1-11(19)17-13-4-8-15(9-5-13)23-16(20)10-12-2-6-14(7-3-12)18(21)22/h2-9H,10H2,1H3,(H,17,19). The first-order chi connectivity index (χ1) is 10.9. The number of hydrogen-bond donors (Lipinski definition) is 1. The van der Waals surface area contributed by atoms with Gasteiger partial charge in [0.15, 0.2) is 0 Å². The van der Waals surface area contributed by atoms with Crippen LogP contribution in [0.1, 0.15) is 12.5 Å². The van der Waals surface area contributed by atoms with Gasteiger partial charge in [0.2, 0.25) is 5.91 Å². The van der Waals surface area contributed by atoms with Crippen molar-refractivity contribution < 1.29 is 19.2 Å². The van der Waals surface area contributed by atoms with Crippen molar-refractivity contribution in [2.24, 2.45) is 0 Å². The number of carbonyl (C=O) groups is 2. The highest BCUT2D eigenvalue weighted by Crippen LogP contribution is 2.17. The number of amides is 1. The number of benzene rings is 2. The first-order valence-electron chi connectivity index (χ1n) is 6.76. The van der Waals surface area contributed by atoms with Crippen molar-refractivity contribution in [3.05, 3.63) is 64.2 Å². The molecule has 118 valence electrons. The van der Waals surface area contributed by atoms with E-state index < -0.39 is 10.9 Å². The number of esters is 1. The van der Waals surface area contributed by atoms with E-state index in [1.54, 1.807) is 24.3 Å². The lowest BCUT2D eigenvalue weighted by atomic mass is 10.1. The Bertz CT molecular complexity index is 723. The van der Waals surface area contributed by atoms with Gasteiger partial charge in [-0.1, -0.05) is 12.1 Å². The number of anilines is 1. The fraction of sp³-hybridized carbons (Fsp3) is 0.125. The van der Waals surface area contributed by atoms with E-state index >= 15 is 0 Å². The molecule has 0 heterocycles. The Morgan fingerprint density at radius 1 is 1.09 bits per heavy atom. The minimum Gasteiger partial charge on any atom is -0.426 e. The molecule has 0 saturated carbocycles. The molecule has 2 rings (SSSR count). The first kappa shape index (κ1) is 16.2. The molecule has 0 aromatic heterocycles. The second-order valence-electron chi connectivity index (χ2n) is 4.78. The molecule has 2 aromatic rings. The zero-order valence-corrected chi connectivity index (χ0v) is 12.3. The van der Waals surface area contributed by atoms with E-state index in [1.165, 1.54) is 31.2 Å². The summed E-state index contributed by atoms with van der Waals surface area (Å²) in [6.45, 7) is 1.40. The number of non-ortho nitro benzene ring substituents is 1. The summed E-state index contributed by atoms with van der Waals surface area (Å²) in [5.41, 5.74) is 1.19. The van der Waals surface area contributed by atoms with Gasteiger partial charge in [-0.2, -0.15) is 0 Å². The Balaban J connectivity index is 1.93. The van der Waals surface area contributed by atoms with E-state index in [0.717, 1.165) is 0 Å². The van der Waals surface area contributed by atoms with Crippen LogP contribution in [0, 0.1) is 10.1 Å². The molecule has 7 nitrogen and oxygen atoms in total. The van der Waals surface area contributed by atoms with Gasteiger partial charge in [0.05, 0.1) is 11.3 Å². The number of carbonyl (C=O) groups excluding carboxylic acids is 2. The van der Waals surface area contributed by atoms with Crippen LogP contribution >= 0.6 is 0 Å². The molecule has 0 aliphatic rings. The fourth-order valence-electron chi connectivity index (χ4n) is 1.88. The quantitative estimate of drug-likeness (QED) is 0.396. The predicted molar refractivity (Wildman–Crippen MR) is 83.2 cm³/mol. The molecule has 0 bridgehead atoms. The van der Waals surface area contributed by atoms with E-state index in [4.69, 9.17) is 4.74 Å². The van der Waals surface area contributed by atoms with Crippen molar-refractivity contribution in [1.29, 1.82) is 0 Å². The third kappa shape index (κ3) is 4.92. The third-order valence-corrected chi connectivity index (χ3v) is 2.90. The maximum absolute atomic E-state index is 11.8. The minimum atomic E-state index is -0.501. The maximum atomic E-state index is 11.8. The lowest BCUT2D eigenvalue weighted by molar-refractivity contribution is -0.384. The summed E-state index contributed by atoms with van der Waals surface area (Å²) in [7, 11) is 0. The van der Waals surface area contributed by atoms with Crippen LogP contribution in [0.4, 0.5) is 11.4 Å². The highest BCUT2D eigenvalue weighted by Gasteiger charge is 2.09. The molecule has 23 heavy (non-hydrogen) atoms. The number of nitro benzene ring substituents is 1. The van der Waals surface area contributed by atoms with Gasteiger partial charge in [0.1, 0.15) is 5.75 Å². The molecule has 1 amide bonds. The van der Waals surface area contributed by atoms with Crippen molar-refractivity contribution in [2.45, 2.75) is 13.3 Å². The van der Waals surface area contributed by atoms with Crippen LogP contribution in [0.25, 0.3) is 0 Å². The molecule has 2 aromatic carbocycles. The monoisotopic (exact) mass is 314 g/mol. The number of ether oxygens (including phenoxy) is 1. The molecule has 0 aliphatic heterocycles. The van der Waals surface area contributed by atoms with Crippen molar-refractivity contribution in [3.63, 3.8) is 0 Å². The van der Waals surface area contributed by atoms with Crippen LogP contribution in [0.5, 0.6) is 5.75 Å². The van der Waals surface area contributed by atoms with Crippen LogP contribution in [-0.4, -0.2) is 16.8 Å². The van der Waals surface area contributed by atoms with Crippen LogP contribution in [-0.2, 0) is 16.0 Å². The molecule has 0 radical (unpaired) electrons. The molecule has 1 N–H and O–H groups in total. The highest BCUT2D eigenvalue weighted by atomic mass is 16.6. The van der Waals surface area contributed by atoms with Gasteiger partial charge in [-0.05, 0) is 29.8 Å². The summed E-state index contributed by atoms with van der Waals surface area (Å²) in [5.74, 6) is -0.315. The minimum absolute atomic E-state index is 0.00540. The van der Waals surface area contributed by atoms with Crippen molar-refractivity contribution >= 4 is 23.3 Å². The maximum Gasteiger partial charge on any atom is 0.315 e. The highest BCUT2D eigenvalue weighted by molar-refractivity contribution is 5.88. The van der Waals surface area contributed by atoms with Gasteiger partial charge in [0, 0.05) is 24.7 Å². The first-order valence-corrected chi connectivity index (χ1v) is 6.76. The smallest absolute Gasteiger partial charge is 0.315 e. The Kier molecular flexibility index (Phi) is 5.03. The lowest BCUT2D eigenvalue weighted by Gasteiger charge is -2.06. The molecule has 0 spiro atoms. The summed E-state index contributed by atoms with van der Waals surface area (Å²) in [6, 6.07) is 12.1. The van der Waals surface area contributed by atoms with Crippen LogP contribution < -0.4 is 10.1 Å². The zero-order chi connectivity index (χ0) is 16.8. The Hall–Kier alpha value is -3.22. The summed E-state index contributed by atoms with van der Waals surface area (Å²) < 4.78 is 5.17. The fourth-order valence-corrected chi connectivity index (χ4v) is 1.88. The summed E-state index contributed by atoms with van der Waals surface area (Å²) in [6.07, 6.45) is 0.00540. The average Bonchev–Trinajstić information content (AvgIpc) is 2.49. The van der Waals surface area contributed by atoms with E-state index in [0.29, 0.717) is 17.0 Å². The van der Waals surface area contributed by atoms with Crippen molar-refractivity contribution in [2.75, 3.05) is 5.32 Å². The van der Waals surface area contributed by atoms with E-state index in [2.05, 4.69) is 5.32 Å².